The smallest absolute Gasteiger partial charge is 0.286 e. The second kappa shape index (κ2) is 10.7. The van der Waals surface area contributed by atoms with Crippen LogP contribution >= 0.6 is 11.8 Å². The Morgan fingerprint density at radius 3 is 2.24 bits per heavy atom. The number of nitrogens with one attached hydrogen (secondary N) is 1. The molecule has 1 aliphatic rings. The van der Waals surface area contributed by atoms with Crippen molar-refractivity contribution in [2.24, 2.45) is 0 Å². The third-order valence-electron chi connectivity index (χ3n) is 6.78. The second-order valence-corrected chi connectivity index (χ2v) is 10.9. The number of fused-ring (bicyclic) bond motifs is 1. The molecule has 4 aromatic rings. The number of thioether (sulfide) groups is 1. The molecule has 38 heavy (non-hydrogen) atoms. The van der Waals surface area contributed by atoms with Crippen LogP contribution in [0.15, 0.2) is 84.9 Å². The summed E-state index contributed by atoms with van der Waals surface area (Å²) in [5.74, 6) is -0.245. The quantitative estimate of drug-likeness (QED) is 0.335. The van der Waals surface area contributed by atoms with Gasteiger partial charge >= 0.3 is 0 Å². The summed E-state index contributed by atoms with van der Waals surface area (Å²) in [6.45, 7) is 0.483. The monoisotopic (exact) mass is 523 g/mol. The largest absolute Gasteiger partial charge is 0.377 e. The lowest BCUT2D eigenvalue weighted by Gasteiger charge is -2.21. The summed E-state index contributed by atoms with van der Waals surface area (Å²) in [6, 6.07) is 28.2. The maximum atomic E-state index is 13.5. The third-order valence-corrected chi connectivity index (χ3v) is 7.76. The Labute approximate surface area is 226 Å². The van der Waals surface area contributed by atoms with Crippen molar-refractivity contribution in [2.45, 2.75) is 18.2 Å². The molecule has 1 N–H and O–H groups in total. The summed E-state index contributed by atoms with van der Waals surface area (Å²) in [4.78, 5) is 40.6. The number of hydrogen-bond donors (Lipinski definition) is 1. The number of nitrogens with zero attached hydrogens (tertiary/aromatic N) is 2. The lowest BCUT2D eigenvalue weighted by atomic mass is 9.99. The maximum absolute atomic E-state index is 13.5. The van der Waals surface area contributed by atoms with Crippen molar-refractivity contribution in [2.75, 3.05) is 26.0 Å². The van der Waals surface area contributed by atoms with Crippen molar-refractivity contribution < 1.29 is 14.4 Å². The predicted molar refractivity (Wildman–Crippen MR) is 155 cm³/mol. The van der Waals surface area contributed by atoms with Crippen LogP contribution in [0.2, 0.25) is 0 Å². The molecule has 4 aromatic carbocycles. The fraction of sp³-hybridized carbons (Fsp3) is 0.194. The highest BCUT2D eigenvalue weighted by atomic mass is 32.2. The van der Waals surface area contributed by atoms with Gasteiger partial charge in [0.15, 0.2) is 0 Å². The van der Waals surface area contributed by atoms with Crippen molar-refractivity contribution >= 4 is 45.3 Å². The first-order valence-electron chi connectivity index (χ1n) is 12.4. The molecule has 0 bridgehead atoms. The molecule has 192 valence electrons. The van der Waals surface area contributed by atoms with Gasteiger partial charge in [0.1, 0.15) is 0 Å². The second-order valence-electron chi connectivity index (χ2n) is 9.72. The van der Waals surface area contributed by atoms with E-state index in [1.165, 1.54) is 0 Å². The van der Waals surface area contributed by atoms with Gasteiger partial charge in [-0.15, -0.1) is 0 Å². The van der Waals surface area contributed by atoms with Crippen LogP contribution in [-0.4, -0.2) is 48.3 Å². The Hall–Kier alpha value is -4.10. The molecule has 0 aromatic heterocycles. The maximum Gasteiger partial charge on any atom is 0.286 e. The molecule has 5 rings (SSSR count). The van der Waals surface area contributed by atoms with Crippen LogP contribution < -0.4 is 10.2 Å². The molecule has 1 fully saturated rings. The molecule has 0 spiro atoms. The standard InChI is InChI=1S/C31H29N3O3S/c1-33(2)27-16-15-26(24-9-4-5-10-25(24)27)30(36)34(3)19-21-7-6-8-23(17-21)22-13-11-20(12-14-22)18-28-29(35)32-31(37)38-28/h4-17,28H,18-19H2,1-3H3,(H,32,35,37). The van der Waals surface area contributed by atoms with E-state index in [1.54, 1.807) is 4.90 Å². The predicted octanol–water partition coefficient (Wildman–Crippen LogP) is 5.74. The van der Waals surface area contributed by atoms with E-state index in [0.29, 0.717) is 18.5 Å². The number of anilines is 1. The number of carbonyl (C=O) groups excluding carboxylic acids is 3. The van der Waals surface area contributed by atoms with Crippen LogP contribution in [-0.2, 0) is 17.8 Å². The zero-order chi connectivity index (χ0) is 26.8. The van der Waals surface area contributed by atoms with Gasteiger partial charge in [-0.25, -0.2) is 0 Å². The van der Waals surface area contributed by atoms with Gasteiger partial charge in [-0.1, -0.05) is 78.5 Å². The fourth-order valence-corrected chi connectivity index (χ4v) is 5.69. The summed E-state index contributed by atoms with van der Waals surface area (Å²) < 4.78 is 0. The van der Waals surface area contributed by atoms with Crippen molar-refractivity contribution in [3.8, 4) is 11.1 Å². The number of rotatable bonds is 7. The number of imide groups is 1. The molecule has 0 aliphatic carbocycles. The summed E-state index contributed by atoms with van der Waals surface area (Å²) in [5, 5.41) is 3.68. The van der Waals surface area contributed by atoms with Crippen LogP contribution in [0.5, 0.6) is 0 Å². The van der Waals surface area contributed by atoms with Gasteiger partial charge in [-0.3, -0.25) is 19.7 Å². The van der Waals surface area contributed by atoms with E-state index in [-0.39, 0.29) is 22.3 Å². The van der Waals surface area contributed by atoms with Crippen LogP contribution in [0.3, 0.4) is 0 Å². The zero-order valence-corrected chi connectivity index (χ0v) is 22.4. The Morgan fingerprint density at radius 2 is 1.55 bits per heavy atom. The highest BCUT2D eigenvalue weighted by Gasteiger charge is 2.31. The van der Waals surface area contributed by atoms with E-state index >= 15 is 0 Å². The van der Waals surface area contributed by atoms with Gasteiger partial charge in [-0.05, 0) is 52.3 Å². The van der Waals surface area contributed by atoms with E-state index in [2.05, 4.69) is 22.3 Å². The van der Waals surface area contributed by atoms with Crippen LogP contribution in [0, 0.1) is 0 Å². The lowest BCUT2D eigenvalue weighted by Crippen LogP contribution is -2.26. The van der Waals surface area contributed by atoms with Crippen molar-refractivity contribution in [1.82, 2.24) is 10.2 Å². The summed E-state index contributed by atoms with van der Waals surface area (Å²) in [5.41, 5.74) is 5.92. The molecule has 1 heterocycles. The minimum atomic E-state index is -0.374. The Kier molecular flexibility index (Phi) is 7.20. The van der Waals surface area contributed by atoms with E-state index in [9.17, 15) is 14.4 Å². The van der Waals surface area contributed by atoms with Gasteiger partial charge in [0.25, 0.3) is 11.1 Å². The molecular weight excluding hydrogens is 494 g/mol. The molecule has 1 saturated heterocycles. The van der Waals surface area contributed by atoms with Crippen LogP contribution in [0.25, 0.3) is 21.9 Å². The molecular formula is C31H29N3O3S. The first kappa shape index (κ1) is 25.5. The molecule has 0 radical (unpaired) electrons. The number of carbonyl (C=O) groups is 3. The molecule has 0 saturated carbocycles. The Morgan fingerprint density at radius 1 is 0.816 bits per heavy atom. The Bertz CT molecular complexity index is 1530. The molecule has 1 aliphatic heterocycles. The molecule has 1 atom stereocenters. The van der Waals surface area contributed by atoms with E-state index in [0.717, 1.165) is 50.5 Å². The Balaban J connectivity index is 1.31. The van der Waals surface area contributed by atoms with Gasteiger partial charge in [0, 0.05) is 44.3 Å². The first-order chi connectivity index (χ1) is 18.3. The molecule has 7 heteroatoms. The number of amides is 3. The van der Waals surface area contributed by atoms with Crippen LogP contribution in [0.4, 0.5) is 10.5 Å². The summed E-state index contributed by atoms with van der Waals surface area (Å²) >= 11 is 1.05. The summed E-state index contributed by atoms with van der Waals surface area (Å²) in [7, 11) is 5.84. The SMILES string of the molecule is CN(Cc1cccc(-c2ccc(CC3SC(=O)NC3=O)cc2)c1)C(=O)c1ccc(N(C)C)c2ccccc12. The van der Waals surface area contributed by atoms with Gasteiger partial charge in [0.2, 0.25) is 5.91 Å². The highest BCUT2D eigenvalue weighted by molar-refractivity contribution is 8.15. The minimum Gasteiger partial charge on any atom is -0.377 e. The number of hydrogen-bond acceptors (Lipinski definition) is 5. The summed E-state index contributed by atoms with van der Waals surface area (Å²) in [6.07, 6.45) is 0.514. The van der Waals surface area contributed by atoms with Crippen molar-refractivity contribution in [3.05, 3.63) is 102 Å². The topological polar surface area (TPSA) is 69.7 Å². The van der Waals surface area contributed by atoms with Crippen molar-refractivity contribution in [3.63, 3.8) is 0 Å². The van der Waals surface area contributed by atoms with Crippen LogP contribution in [0.1, 0.15) is 21.5 Å². The third kappa shape index (κ3) is 5.29. The minimum absolute atomic E-state index is 0.0198. The zero-order valence-electron chi connectivity index (χ0n) is 21.6. The lowest BCUT2D eigenvalue weighted by molar-refractivity contribution is -0.118. The molecule has 1 unspecified atom stereocenters. The van der Waals surface area contributed by atoms with Gasteiger partial charge in [-0.2, -0.15) is 0 Å². The van der Waals surface area contributed by atoms with E-state index in [4.69, 9.17) is 0 Å². The van der Waals surface area contributed by atoms with E-state index < -0.39 is 0 Å². The van der Waals surface area contributed by atoms with Gasteiger partial charge in [0.05, 0.1) is 5.25 Å². The molecule has 6 nitrogen and oxygen atoms in total. The molecule has 3 amide bonds. The number of benzene rings is 4. The normalized spacial score (nSPS) is 15.0. The average Bonchev–Trinajstić information content (AvgIpc) is 3.24. The average molecular weight is 524 g/mol. The van der Waals surface area contributed by atoms with E-state index in [1.807, 2.05) is 93.9 Å². The van der Waals surface area contributed by atoms with Gasteiger partial charge < -0.3 is 9.80 Å². The fourth-order valence-electron chi connectivity index (χ4n) is 4.84. The highest BCUT2D eigenvalue weighted by Crippen LogP contribution is 2.30. The van der Waals surface area contributed by atoms with Crippen molar-refractivity contribution in [1.29, 1.82) is 0 Å². The first-order valence-corrected chi connectivity index (χ1v) is 13.3.